The van der Waals surface area contributed by atoms with E-state index in [9.17, 15) is 9.90 Å². The van der Waals surface area contributed by atoms with Crippen molar-refractivity contribution in [2.45, 2.75) is 76.7 Å². The molecule has 1 fully saturated rings. The van der Waals surface area contributed by atoms with Crippen LogP contribution in [0.3, 0.4) is 0 Å². The van der Waals surface area contributed by atoms with Crippen molar-refractivity contribution in [3.05, 3.63) is 0 Å². The van der Waals surface area contributed by atoms with Crippen LogP contribution in [0.25, 0.3) is 0 Å². The number of aliphatic hydroxyl groups excluding tert-OH is 1. The highest BCUT2D eigenvalue weighted by Crippen LogP contribution is 2.18. The van der Waals surface area contributed by atoms with Gasteiger partial charge in [0.25, 0.3) is 0 Å². The third-order valence-electron chi connectivity index (χ3n) is 3.77. The lowest BCUT2D eigenvalue weighted by atomic mass is 9.93. The van der Waals surface area contributed by atoms with E-state index in [0.717, 1.165) is 32.1 Å². The molecule has 0 spiro atoms. The molecule has 2 amide bonds. The van der Waals surface area contributed by atoms with E-state index in [1.807, 2.05) is 20.8 Å². The quantitative estimate of drug-likeness (QED) is 0.714. The lowest BCUT2D eigenvalue weighted by Gasteiger charge is -2.30. The largest absolute Gasteiger partial charge is 0.391 e. The standard InChI is InChI=1S/C14H28N2O3/c1-10(9-14(2,3)19-4)15-13(18)16-11-7-5-6-8-12(11)17/h10-12,17H,5-9H2,1-4H3,(H2,15,16,18)/t10-,11-,12+/m0/s1. The first-order chi connectivity index (χ1) is 8.84. The van der Waals surface area contributed by atoms with Crippen LogP contribution >= 0.6 is 0 Å². The van der Waals surface area contributed by atoms with Crippen LogP contribution in [0.15, 0.2) is 0 Å². The predicted molar refractivity (Wildman–Crippen MR) is 75.1 cm³/mol. The molecular formula is C14H28N2O3. The van der Waals surface area contributed by atoms with E-state index < -0.39 is 6.10 Å². The number of methoxy groups -OCH3 is 1. The molecule has 0 aromatic carbocycles. The molecule has 5 nitrogen and oxygen atoms in total. The van der Waals surface area contributed by atoms with Crippen molar-refractivity contribution < 1.29 is 14.6 Å². The summed E-state index contributed by atoms with van der Waals surface area (Å²) in [5.41, 5.74) is -0.253. The number of amides is 2. The Morgan fingerprint density at radius 1 is 1.42 bits per heavy atom. The molecule has 0 aromatic heterocycles. The van der Waals surface area contributed by atoms with Crippen LogP contribution < -0.4 is 10.6 Å². The van der Waals surface area contributed by atoms with Crippen molar-refractivity contribution in [3.8, 4) is 0 Å². The average Bonchev–Trinajstić information content (AvgIpc) is 2.31. The number of urea groups is 1. The highest BCUT2D eigenvalue weighted by Gasteiger charge is 2.26. The summed E-state index contributed by atoms with van der Waals surface area (Å²) in [5.74, 6) is 0. The fourth-order valence-electron chi connectivity index (χ4n) is 2.59. The number of hydrogen-bond donors (Lipinski definition) is 3. The summed E-state index contributed by atoms with van der Waals surface area (Å²) in [7, 11) is 1.67. The Bertz CT molecular complexity index is 294. The third kappa shape index (κ3) is 5.78. The van der Waals surface area contributed by atoms with E-state index in [0.29, 0.717) is 0 Å². The maximum Gasteiger partial charge on any atom is 0.315 e. The van der Waals surface area contributed by atoms with Crippen molar-refractivity contribution in [2.75, 3.05) is 7.11 Å². The highest BCUT2D eigenvalue weighted by atomic mass is 16.5. The van der Waals surface area contributed by atoms with Gasteiger partial charge in [0, 0.05) is 13.2 Å². The topological polar surface area (TPSA) is 70.6 Å². The third-order valence-corrected chi connectivity index (χ3v) is 3.77. The van der Waals surface area contributed by atoms with Crippen LogP contribution in [0.1, 0.15) is 52.9 Å². The summed E-state index contributed by atoms with van der Waals surface area (Å²) in [6.45, 7) is 5.94. The molecule has 1 rings (SSSR count). The fraction of sp³-hybridized carbons (Fsp3) is 0.929. The van der Waals surface area contributed by atoms with Gasteiger partial charge in [-0.2, -0.15) is 0 Å². The molecule has 0 aromatic rings. The minimum absolute atomic E-state index is 0.0238. The number of rotatable bonds is 5. The maximum atomic E-state index is 11.9. The lowest BCUT2D eigenvalue weighted by Crippen LogP contribution is -2.51. The number of carbonyl (C=O) groups is 1. The molecule has 0 saturated heterocycles. The Morgan fingerprint density at radius 3 is 2.63 bits per heavy atom. The Kier molecular flexibility index (Phi) is 6.07. The molecule has 1 aliphatic carbocycles. The van der Waals surface area contributed by atoms with Crippen LogP contribution in [0.5, 0.6) is 0 Å². The second kappa shape index (κ2) is 7.10. The van der Waals surface area contributed by atoms with Crippen LogP contribution in [0.4, 0.5) is 4.79 Å². The molecule has 0 radical (unpaired) electrons. The highest BCUT2D eigenvalue weighted by molar-refractivity contribution is 5.74. The molecule has 0 bridgehead atoms. The number of nitrogens with one attached hydrogen (secondary N) is 2. The lowest BCUT2D eigenvalue weighted by molar-refractivity contribution is 0.00935. The molecule has 0 heterocycles. The van der Waals surface area contributed by atoms with Gasteiger partial charge in [-0.25, -0.2) is 4.79 Å². The summed E-state index contributed by atoms with van der Waals surface area (Å²) < 4.78 is 5.35. The predicted octanol–water partition coefficient (Wildman–Crippen LogP) is 1.79. The minimum atomic E-state index is -0.412. The van der Waals surface area contributed by atoms with Gasteiger partial charge < -0.3 is 20.5 Å². The fourth-order valence-corrected chi connectivity index (χ4v) is 2.59. The summed E-state index contributed by atoms with van der Waals surface area (Å²) in [4.78, 5) is 11.9. The zero-order valence-corrected chi connectivity index (χ0v) is 12.5. The van der Waals surface area contributed by atoms with Gasteiger partial charge in [0.1, 0.15) is 0 Å². The molecule has 19 heavy (non-hydrogen) atoms. The summed E-state index contributed by atoms with van der Waals surface area (Å²) >= 11 is 0. The molecule has 1 aliphatic rings. The molecule has 3 atom stereocenters. The molecule has 5 heteroatoms. The van der Waals surface area contributed by atoms with Crippen molar-refractivity contribution in [1.82, 2.24) is 10.6 Å². The van der Waals surface area contributed by atoms with Crippen molar-refractivity contribution in [3.63, 3.8) is 0 Å². The first kappa shape index (κ1) is 16.2. The monoisotopic (exact) mass is 272 g/mol. The average molecular weight is 272 g/mol. The van der Waals surface area contributed by atoms with Crippen LogP contribution in [0, 0.1) is 0 Å². The van der Waals surface area contributed by atoms with Gasteiger partial charge >= 0.3 is 6.03 Å². The van der Waals surface area contributed by atoms with Crippen molar-refractivity contribution in [2.24, 2.45) is 0 Å². The minimum Gasteiger partial charge on any atom is -0.391 e. The molecule has 0 aliphatic heterocycles. The van der Waals surface area contributed by atoms with Gasteiger partial charge in [-0.3, -0.25) is 0 Å². The van der Waals surface area contributed by atoms with Gasteiger partial charge in [0.05, 0.1) is 17.7 Å². The number of aliphatic hydroxyl groups is 1. The SMILES string of the molecule is COC(C)(C)C[C@H](C)NC(=O)N[C@H]1CCCC[C@H]1O. The van der Waals surface area contributed by atoms with Crippen LogP contribution in [-0.4, -0.2) is 42.0 Å². The molecule has 3 N–H and O–H groups in total. The van der Waals surface area contributed by atoms with Gasteiger partial charge in [-0.05, 0) is 40.0 Å². The second-order valence-corrected chi connectivity index (χ2v) is 6.15. The molecular weight excluding hydrogens is 244 g/mol. The Labute approximate surface area is 116 Å². The van der Waals surface area contributed by atoms with E-state index in [2.05, 4.69) is 10.6 Å². The van der Waals surface area contributed by atoms with Crippen molar-refractivity contribution in [1.29, 1.82) is 0 Å². The Morgan fingerprint density at radius 2 is 2.05 bits per heavy atom. The molecule has 112 valence electrons. The van der Waals surface area contributed by atoms with E-state index in [1.54, 1.807) is 7.11 Å². The zero-order valence-electron chi connectivity index (χ0n) is 12.5. The van der Waals surface area contributed by atoms with E-state index in [4.69, 9.17) is 4.74 Å². The summed E-state index contributed by atoms with van der Waals surface area (Å²) in [6, 6.07) is -0.294. The number of carbonyl (C=O) groups excluding carboxylic acids is 1. The van der Waals surface area contributed by atoms with E-state index in [1.165, 1.54) is 0 Å². The summed E-state index contributed by atoms with van der Waals surface area (Å²) in [5, 5.41) is 15.6. The van der Waals surface area contributed by atoms with Crippen molar-refractivity contribution >= 4 is 6.03 Å². The van der Waals surface area contributed by atoms with Gasteiger partial charge in [-0.15, -0.1) is 0 Å². The Balaban J connectivity index is 2.34. The normalized spacial score (nSPS) is 25.7. The van der Waals surface area contributed by atoms with Crippen LogP contribution in [-0.2, 0) is 4.74 Å². The van der Waals surface area contributed by atoms with Gasteiger partial charge in [0.2, 0.25) is 0 Å². The van der Waals surface area contributed by atoms with Crippen LogP contribution in [0.2, 0.25) is 0 Å². The van der Waals surface area contributed by atoms with E-state index >= 15 is 0 Å². The number of ether oxygens (including phenoxy) is 1. The first-order valence-electron chi connectivity index (χ1n) is 7.14. The molecule has 0 unspecified atom stereocenters. The van der Waals surface area contributed by atoms with Gasteiger partial charge in [0.15, 0.2) is 0 Å². The maximum absolute atomic E-state index is 11.9. The smallest absolute Gasteiger partial charge is 0.315 e. The van der Waals surface area contributed by atoms with Gasteiger partial charge in [-0.1, -0.05) is 12.8 Å². The second-order valence-electron chi connectivity index (χ2n) is 6.15. The Hall–Kier alpha value is -0.810. The molecule has 1 saturated carbocycles. The summed E-state index contributed by atoms with van der Waals surface area (Å²) in [6.07, 6.45) is 4.06. The zero-order chi connectivity index (χ0) is 14.5. The van der Waals surface area contributed by atoms with E-state index in [-0.39, 0.29) is 23.7 Å². The first-order valence-corrected chi connectivity index (χ1v) is 7.14. The number of hydrogen-bond acceptors (Lipinski definition) is 3.